The van der Waals surface area contributed by atoms with Crippen LogP contribution < -0.4 is 0 Å². The Balaban J connectivity index is 1.48. The Morgan fingerprint density at radius 2 is 2.04 bits per heavy atom. The van der Waals surface area contributed by atoms with Gasteiger partial charge in [-0.2, -0.15) is 5.26 Å². The van der Waals surface area contributed by atoms with Crippen LogP contribution >= 0.6 is 0 Å². The van der Waals surface area contributed by atoms with Crippen LogP contribution in [0.5, 0.6) is 0 Å². The van der Waals surface area contributed by atoms with Gasteiger partial charge >= 0.3 is 0 Å². The van der Waals surface area contributed by atoms with Gasteiger partial charge in [0, 0.05) is 43.7 Å². The summed E-state index contributed by atoms with van der Waals surface area (Å²) in [7, 11) is 0. The summed E-state index contributed by atoms with van der Waals surface area (Å²) >= 11 is 0. The molecule has 2 aliphatic rings. The number of nitrogens with zero attached hydrogens (tertiary/aromatic N) is 4. The summed E-state index contributed by atoms with van der Waals surface area (Å²) in [4.78, 5) is 22.6. The molecule has 1 aromatic carbocycles. The summed E-state index contributed by atoms with van der Waals surface area (Å²) in [5.74, 6) is -1.67. The zero-order chi connectivity index (χ0) is 19.7. The average Bonchev–Trinajstić information content (AvgIpc) is 3.45. The summed E-state index contributed by atoms with van der Waals surface area (Å²) in [5.41, 5.74) is 0.850. The second kappa shape index (κ2) is 7.63. The minimum atomic E-state index is -1.11. The largest absolute Gasteiger partial charge is 0.310 e. The Labute approximate surface area is 162 Å². The van der Waals surface area contributed by atoms with E-state index in [4.69, 9.17) is 5.26 Å². The van der Waals surface area contributed by atoms with Crippen molar-refractivity contribution in [2.45, 2.75) is 38.0 Å². The van der Waals surface area contributed by atoms with E-state index in [2.05, 4.69) is 9.97 Å². The first kappa shape index (κ1) is 18.5. The molecule has 0 N–H and O–H groups in total. The molecule has 5 nitrogen and oxygen atoms in total. The van der Waals surface area contributed by atoms with E-state index in [9.17, 15) is 13.6 Å². The van der Waals surface area contributed by atoms with E-state index < -0.39 is 17.4 Å². The second-order valence-corrected chi connectivity index (χ2v) is 7.58. The van der Waals surface area contributed by atoms with Crippen LogP contribution in [0.1, 0.15) is 59.0 Å². The fraction of sp³-hybridized carbons (Fsp3) is 0.429. The number of hydrogen-bond acceptors (Lipinski definition) is 5. The Morgan fingerprint density at radius 1 is 1.21 bits per heavy atom. The molecule has 28 heavy (non-hydrogen) atoms. The molecule has 2 aromatic rings. The van der Waals surface area contributed by atoms with Gasteiger partial charge in [-0.05, 0) is 42.9 Å². The third-order valence-corrected chi connectivity index (χ3v) is 5.44. The predicted octanol–water partition coefficient (Wildman–Crippen LogP) is 3.60. The molecule has 2 fully saturated rings. The van der Waals surface area contributed by atoms with E-state index in [0.717, 1.165) is 18.5 Å². The number of Topliss-reactive ketones (excluding diaryl/α,β-unsaturated/α-hetero) is 1. The number of rotatable bonds is 6. The molecule has 1 aliphatic heterocycles. The fourth-order valence-electron chi connectivity index (χ4n) is 3.68. The first-order valence-electron chi connectivity index (χ1n) is 9.51. The molecule has 1 saturated carbocycles. The van der Waals surface area contributed by atoms with E-state index in [0.29, 0.717) is 31.3 Å². The van der Waals surface area contributed by atoms with Gasteiger partial charge in [-0.15, -0.1) is 0 Å². The fourth-order valence-corrected chi connectivity index (χ4v) is 3.68. The van der Waals surface area contributed by atoms with Crippen LogP contribution in [0.25, 0.3) is 0 Å². The van der Waals surface area contributed by atoms with Crippen molar-refractivity contribution in [3.8, 4) is 6.19 Å². The highest BCUT2D eigenvalue weighted by atomic mass is 19.2. The van der Waals surface area contributed by atoms with Crippen LogP contribution in [0, 0.1) is 29.0 Å². The SMILES string of the molecule is N#CN1CC[C@@H](CC(=O)c2ccc(Cc3nccc(C4CC4)n3)c(F)c2F)C1. The van der Waals surface area contributed by atoms with Gasteiger partial charge in [0.05, 0.1) is 5.56 Å². The van der Waals surface area contributed by atoms with Crippen LogP contribution in [-0.4, -0.2) is 33.7 Å². The van der Waals surface area contributed by atoms with Crippen LogP contribution in [0.15, 0.2) is 24.4 Å². The first-order chi connectivity index (χ1) is 13.5. The summed E-state index contributed by atoms with van der Waals surface area (Å²) in [6.45, 7) is 1.09. The van der Waals surface area contributed by atoms with Crippen molar-refractivity contribution in [1.82, 2.24) is 14.9 Å². The molecular weight excluding hydrogens is 362 g/mol. The molecule has 0 amide bonds. The maximum Gasteiger partial charge on any atom is 0.179 e. The normalized spacial score (nSPS) is 18.9. The smallest absolute Gasteiger partial charge is 0.179 e. The van der Waals surface area contributed by atoms with E-state index in [1.807, 2.05) is 12.3 Å². The first-order valence-corrected chi connectivity index (χ1v) is 9.51. The lowest BCUT2D eigenvalue weighted by molar-refractivity contribution is 0.0958. The highest BCUT2D eigenvalue weighted by Crippen LogP contribution is 2.38. The minimum absolute atomic E-state index is 0.00662. The zero-order valence-corrected chi connectivity index (χ0v) is 15.4. The molecule has 0 spiro atoms. The Kier molecular flexibility index (Phi) is 5.03. The molecule has 4 rings (SSSR count). The number of hydrogen-bond donors (Lipinski definition) is 0. The standard InChI is InChI=1S/C21H20F2N4O/c22-20-15(10-19-25-7-5-17(26-19)14-1-2-14)3-4-16(21(20)23)18(28)9-13-6-8-27(11-13)12-24/h3-5,7,13-14H,1-2,6,8-11H2/t13-/m0/s1. The average molecular weight is 382 g/mol. The molecule has 144 valence electrons. The molecule has 0 bridgehead atoms. The van der Waals surface area contributed by atoms with Gasteiger partial charge in [0.2, 0.25) is 0 Å². The van der Waals surface area contributed by atoms with Crippen molar-refractivity contribution in [3.63, 3.8) is 0 Å². The Hall–Kier alpha value is -2.88. The van der Waals surface area contributed by atoms with Crippen LogP contribution in [-0.2, 0) is 6.42 Å². The van der Waals surface area contributed by atoms with E-state index in [-0.39, 0.29) is 29.9 Å². The molecular formula is C21H20F2N4O. The maximum absolute atomic E-state index is 14.6. The van der Waals surface area contributed by atoms with Gasteiger partial charge in [-0.1, -0.05) is 6.07 Å². The number of halogens is 2. The third kappa shape index (κ3) is 3.86. The molecule has 2 heterocycles. The van der Waals surface area contributed by atoms with Gasteiger partial charge < -0.3 is 4.90 Å². The predicted molar refractivity (Wildman–Crippen MR) is 97.4 cm³/mol. The lowest BCUT2D eigenvalue weighted by Gasteiger charge is -2.11. The summed E-state index contributed by atoms with van der Waals surface area (Å²) < 4.78 is 29.1. The van der Waals surface area contributed by atoms with Gasteiger partial charge in [0.15, 0.2) is 23.6 Å². The monoisotopic (exact) mass is 382 g/mol. The van der Waals surface area contributed by atoms with E-state index in [1.54, 1.807) is 11.1 Å². The van der Waals surface area contributed by atoms with Gasteiger partial charge in [-0.25, -0.2) is 18.7 Å². The highest BCUT2D eigenvalue weighted by molar-refractivity contribution is 5.96. The van der Waals surface area contributed by atoms with Crippen molar-refractivity contribution in [2.24, 2.45) is 5.92 Å². The summed E-state index contributed by atoms with van der Waals surface area (Å²) in [6, 6.07) is 4.64. The van der Waals surface area contributed by atoms with Crippen LogP contribution in [0.2, 0.25) is 0 Å². The van der Waals surface area contributed by atoms with Crippen LogP contribution in [0.4, 0.5) is 8.78 Å². The van der Waals surface area contributed by atoms with E-state index >= 15 is 0 Å². The Bertz CT molecular complexity index is 952. The number of benzene rings is 1. The molecule has 1 atom stereocenters. The third-order valence-electron chi connectivity index (χ3n) is 5.44. The van der Waals surface area contributed by atoms with Gasteiger partial charge in [0.25, 0.3) is 0 Å². The second-order valence-electron chi connectivity index (χ2n) is 7.58. The van der Waals surface area contributed by atoms with E-state index in [1.165, 1.54) is 12.1 Å². The quantitative estimate of drug-likeness (QED) is 0.564. The summed E-state index contributed by atoms with van der Waals surface area (Å²) in [5, 5.41) is 8.89. The molecule has 0 unspecified atom stereocenters. The number of nitriles is 1. The van der Waals surface area contributed by atoms with Crippen molar-refractivity contribution in [1.29, 1.82) is 5.26 Å². The van der Waals surface area contributed by atoms with Gasteiger partial charge in [-0.3, -0.25) is 4.79 Å². The van der Waals surface area contributed by atoms with Crippen LogP contribution in [0.3, 0.4) is 0 Å². The number of likely N-dealkylation sites (tertiary alicyclic amines) is 1. The molecule has 7 heteroatoms. The Morgan fingerprint density at radius 3 is 2.75 bits per heavy atom. The number of carbonyl (C=O) groups is 1. The maximum atomic E-state index is 14.6. The van der Waals surface area contributed by atoms with Crippen molar-refractivity contribution in [3.05, 3.63) is 58.7 Å². The number of ketones is 1. The number of aromatic nitrogens is 2. The number of carbonyl (C=O) groups excluding carboxylic acids is 1. The lowest BCUT2D eigenvalue weighted by atomic mass is 9.96. The van der Waals surface area contributed by atoms with Gasteiger partial charge in [0.1, 0.15) is 5.82 Å². The summed E-state index contributed by atoms with van der Waals surface area (Å²) in [6.07, 6.45) is 6.79. The van der Waals surface area contributed by atoms with Crippen molar-refractivity contribution in [2.75, 3.05) is 13.1 Å². The molecule has 0 radical (unpaired) electrons. The van der Waals surface area contributed by atoms with Crippen molar-refractivity contribution >= 4 is 5.78 Å². The lowest BCUT2D eigenvalue weighted by Crippen LogP contribution is -2.16. The molecule has 1 aliphatic carbocycles. The molecule has 1 aromatic heterocycles. The van der Waals surface area contributed by atoms with Crippen molar-refractivity contribution < 1.29 is 13.6 Å². The topological polar surface area (TPSA) is 69.9 Å². The molecule has 1 saturated heterocycles. The highest BCUT2D eigenvalue weighted by Gasteiger charge is 2.27. The minimum Gasteiger partial charge on any atom is -0.310 e. The zero-order valence-electron chi connectivity index (χ0n) is 15.4.